The standard InChI is InChI=1S/C22H30N4O3/c1-16-8-10-22(11-9-16)20(28)26(21(29)23-22)15-19(27)25-13-12-24(2)14-18(25)17-6-4-3-5-7-17/h3-7,16,18H,8-15H2,1-2H3,(H,23,29). The molecule has 3 fully saturated rings. The van der Waals surface area contributed by atoms with Crippen LogP contribution in [0.1, 0.15) is 44.2 Å². The number of amides is 4. The number of piperazine rings is 1. The Labute approximate surface area is 172 Å². The second-order valence-electron chi connectivity index (χ2n) is 8.86. The van der Waals surface area contributed by atoms with Gasteiger partial charge in [0.25, 0.3) is 5.91 Å². The van der Waals surface area contributed by atoms with E-state index in [1.54, 1.807) is 0 Å². The van der Waals surface area contributed by atoms with Crippen molar-refractivity contribution in [2.24, 2.45) is 5.92 Å². The summed E-state index contributed by atoms with van der Waals surface area (Å²) in [6.07, 6.45) is 3.15. The molecule has 2 aliphatic heterocycles. The van der Waals surface area contributed by atoms with E-state index in [-0.39, 0.29) is 24.4 Å². The number of nitrogens with zero attached hydrogens (tertiary/aromatic N) is 3. The van der Waals surface area contributed by atoms with Crippen molar-refractivity contribution < 1.29 is 14.4 Å². The lowest BCUT2D eigenvalue weighted by atomic mass is 9.77. The molecule has 1 unspecified atom stereocenters. The first kappa shape index (κ1) is 19.9. The molecule has 2 heterocycles. The van der Waals surface area contributed by atoms with E-state index in [2.05, 4.69) is 17.1 Å². The molecule has 7 heteroatoms. The molecule has 29 heavy (non-hydrogen) atoms. The quantitative estimate of drug-likeness (QED) is 0.791. The van der Waals surface area contributed by atoms with Crippen molar-refractivity contribution in [3.63, 3.8) is 0 Å². The number of rotatable bonds is 3. The molecule has 4 amide bonds. The number of imide groups is 1. The van der Waals surface area contributed by atoms with Crippen molar-refractivity contribution in [1.29, 1.82) is 0 Å². The topological polar surface area (TPSA) is 73.0 Å². The first-order valence-corrected chi connectivity index (χ1v) is 10.6. The fourth-order valence-corrected chi connectivity index (χ4v) is 4.82. The average molecular weight is 399 g/mol. The van der Waals surface area contributed by atoms with Crippen LogP contribution in [-0.4, -0.2) is 71.3 Å². The van der Waals surface area contributed by atoms with E-state index >= 15 is 0 Å². The zero-order valence-corrected chi connectivity index (χ0v) is 17.3. The van der Waals surface area contributed by atoms with Crippen LogP contribution in [0.3, 0.4) is 0 Å². The number of hydrogen-bond acceptors (Lipinski definition) is 4. The second kappa shape index (κ2) is 7.78. The minimum absolute atomic E-state index is 0.0762. The Hall–Kier alpha value is -2.41. The molecule has 7 nitrogen and oxygen atoms in total. The van der Waals surface area contributed by atoms with Crippen LogP contribution >= 0.6 is 0 Å². The van der Waals surface area contributed by atoms with Crippen LogP contribution in [0.2, 0.25) is 0 Å². The van der Waals surface area contributed by atoms with Crippen molar-refractivity contribution in [1.82, 2.24) is 20.0 Å². The van der Waals surface area contributed by atoms with Gasteiger partial charge in [-0.15, -0.1) is 0 Å². The van der Waals surface area contributed by atoms with Crippen molar-refractivity contribution in [3.8, 4) is 0 Å². The van der Waals surface area contributed by atoms with Crippen molar-refractivity contribution in [2.45, 2.75) is 44.2 Å². The van der Waals surface area contributed by atoms with Crippen molar-refractivity contribution in [2.75, 3.05) is 33.2 Å². The Morgan fingerprint density at radius 1 is 1.14 bits per heavy atom. The maximum atomic E-state index is 13.2. The highest BCUT2D eigenvalue weighted by Gasteiger charge is 2.52. The number of nitrogens with one attached hydrogen (secondary N) is 1. The number of benzene rings is 1. The summed E-state index contributed by atoms with van der Waals surface area (Å²) in [5, 5.41) is 2.91. The number of carbonyl (C=O) groups excluding carboxylic acids is 3. The van der Waals surface area contributed by atoms with Crippen LogP contribution in [-0.2, 0) is 9.59 Å². The normalized spacial score (nSPS) is 30.7. The monoisotopic (exact) mass is 398 g/mol. The van der Waals surface area contributed by atoms with Gasteiger partial charge in [0, 0.05) is 19.6 Å². The fraction of sp³-hybridized carbons (Fsp3) is 0.591. The van der Waals surface area contributed by atoms with Gasteiger partial charge in [0.05, 0.1) is 6.04 Å². The largest absolute Gasteiger partial charge is 0.332 e. The van der Waals surface area contributed by atoms with Gasteiger partial charge in [0.1, 0.15) is 12.1 Å². The molecule has 3 aliphatic rings. The molecule has 1 aromatic rings. The Morgan fingerprint density at radius 3 is 2.52 bits per heavy atom. The predicted octanol–water partition coefficient (Wildman–Crippen LogP) is 2.00. The number of carbonyl (C=O) groups is 3. The number of hydrogen-bond donors (Lipinski definition) is 1. The molecule has 156 valence electrons. The molecule has 0 radical (unpaired) electrons. The summed E-state index contributed by atoms with van der Waals surface area (Å²) >= 11 is 0. The van der Waals surface area contributed by atoms with Gasteiger partial charge in [-0.25, -0.2) is 4.79 Å². The second-order valence-corrected chi connectivity index (χ2v) is 8.86. The van der Waals surface area contributed by atoms with E-state index in [0.29, 0.717) is 25.3 Å². The first-order chi connectivity index (χ1) is 13.9. The van der Waals surface area contributed by atoms with E-state index in [9.17, 15) is 14.4 Å². The highest BCUT2D eigenvalue weighted by Crippen LogP contribution is 2.36. The third-order valence-electron chi connectivity index (χ3n) is 6.76. The molecule has 1 spiro atoms. The lowest BCUT2D eigenvalue weighted by Crippen LogP contribution is -2.53. The number of likely N-dealkylation sites (N-methyl/N-ethyl adjacent to an activating group) is 1. The van der Waals surface area contributed by atoms with Gasteiger partial charge < -0.3 is 15.1 Å². The summed E-state index contributed by atoms with van der Waals surface area (Å²) in [5.74, 6) is 0.169. The van der Waals surface area contributed by atoms with E-state index in [1.807, 2.05) is 42.3 Å². The van der Waals surface area contributed by atoms with Crippen LogP contribution in [0, 0.1) is 5.92 Å². The fourth-order valence-electron chi connectivity index (χ4n) is 4.82. The molecule has 1 aliphatic carbocycles. The Kier molecular flexibility index (Phi) is 5.34. The predicted molar refractivity (Wildman–Crippen MR) is 109 cm³/mol. The maximum absolute atomic E-state index is 13.2. The maximum Gasteiger partial charge on any atom is 0.325 e. The number of urea groups is 1. The van der Waals surface area contributed by atoms with Gasteiger partial charge in [-0.1, -0.05) is 37.3 Å². The summed E-state index contributed by atoms with van der Waals surface area (Å²) < 4.78 is 0. The average Bonchev–Trinajstić information content (AvgIpc) is 2.95. The molecule has 4 rings (SSSR count). The smallest absolute Gasteiger partial charge is 0.325 e. The van der Waals surface area contributed by atoms with Gasteiger partial charge >= 0.3 is 6.03 Å². The van der Waals surface area contributed by atoms with E-state index in [0.717, 1.165) is 36.4 Å². The lowest BCUT2D eigenvalue weighted by Gasteiger charge is -2.40. The highest BCUT2D eigenvalue weighted by molar-refractivity contribution is 6.09. The van der Waals surface area contributed by atoms with Crippen molar-refractivity contribution in [3.05, 3.63) is 35.9 Å². The summed E-state index contributed by atoms with van der Waals surface area (Å²) in [6.45, 7) is 4.08. The highest BCUT2D eigenvalue weighted by atomic mass is 16.2. The van der Waals surface area contributed by atoms with Gasteiger partial charge in [-0.05, 0) is 44.2 Å². The molecule has 1 atom stereocenters. The van der Waals surface area contributed by atoms with Gasteiger partial charge in [0.15, 0.2) is 0 Å². The third kappa shape index (κ3) is 3.75. The van der Waals surface area contributed by atoms with Gasteiger partial charge in [-0.2, -0.15) is 0 Å². The van der Waals surface area contributed by atoms with Gasteiger partial charge in [-0.3, -0.25) is 14.5 Å². The van der Waals surface area contributed by atoms with Crippen LogP contribution in [0.5, 0.6) is 0 Å². The van der Waals surface area contributed by atoms with E-state index in [1.165, 1.54) is 0 Å². The minimum Gasteiger partial charge on any atom is -0.332 e. The summed E-state index contributed by atoms with van der Waals surface area (Å²) in [4.78, 5) is 44.0. The molecule has 1 aromatic carbocycles. The molecule has 2 saturated heterocycles. The molecule has 1 N–H and O–H groups in total. The Balaban J connectivity index is 1.49. The zero-order valence-electron chi connectivity index (χ0n) is 17.3. The molecule has 0 aromatic heterocycles. The van der Waals surface area contributed by atoms with E-state index < -0.39 is 11.6 Å². The minimum atomic E-state index is -0.801. The zero-order chi connectivity index (χ0) is 20.6. The SMILES string of the molecule is CC1CCC2(CC1)NC(=O)N(CC(=O)N1CCN(C)CC1c1ccccc1)C2=O. The van der Waals surface area contributed by atoms with Crippen molar-refractivity contribution >= 4 is 17.8 Å². The molecule has 1 saturated carbocycles. The summed E-state index contributed by atoms with van der Waals surface area (Å²) in [7, 11) is 2.04. The first-order valence-electron chi connectivity index (χ1n) is 10.6. The van der Waals surface area contributed by atoms with Crippen LogP contribution in [0.25, 0.3) is 0 Å². The summed E-state index contributed by atoms with van der Waals surface area (Å²) in [6, 6.07) is 9.44. The lowest BCUT2D eigenvalue weighted by molar-refractivity contribution is -0.142. The van der Waals surface area contributed by atoms with Crippen LogP contribution in [0.4, 0.5) is 4.79 Å². The third-order valence-corrected chi connectivity index (χ3v) is 6.76. The van der Waals surface area contributed by atoms with Gasteiger partial charge in [0.2, 0.25) is 5.91 Å². The Morgan fingerprint density at radius 2 is 1.83 bits per heavy atom. The van der Waals surface area contributed by atoms with Crippen LogP contribution < -0.4 is 5.32 Å². The van der Waals surface area contributed by atoms with Crippen LogP contribution in [0.15, 0.2) is 30.3 Å². The summed E-state index contributed by atoms with van der Waals surface area (Å²) in [5.41, 5.74) is 0.271. The molecular weight excluding hydrogens is 368 g/mol. The molecule has 0 bridgehead atoms. The van der Waals surface area contributed by atoms with E-state index in [4.69, 9.17) is 0 Å². The molecular formula is C22H30N4O3. The Bertz CT molecular complexity index is 789.